The van der Waals surface area contributed by atoms with E-state index in [1.165, 1.54) is 36.0 Å². The molecule has 0 radical (unpaired) electrons. The molecular formula is C40H42F2N8OS4. The lowest BCUT2D eigenvalue weighted by atomic mass is 9.98. The fourth-order valence-electron chi connectivity index (χ4n) is 6.66. The summed E-state index contributed by atoms with van der Waals surface area (Å²) >= 11 is 4.87. The molecule has 55 heavy (non-hydrogen) atoms. The highest BCUT2D eigenvalue weighted by atomic mass is 32.2. The molecule has 4 aromatic heterocycles. The van der Waals surface area contributed by atoms with Crippen molar-refractivity contribution in [2.24, 2.45) is 0 Å². The molecule has 1 unspecified atom stereocenters. The number of nitrogens with zero attached hydrogens (tertiary/aromatic N) is 8. The summed E-state index contributed by atoms with van der Waals surface area (Å²) in [5.74, 6) is 0.372. The van der Waals surface area contributed by atoms with Crippen LogP contribution >= 0.6 is 34.4 Å². The minimum Gasteiger partial charge on any atom is -0.306 e. The lowest BCUT2D eigenvalue weighted by Crippen LogP contribution is -2.29. The van der Waals surface area contributed by atoms with E-state index < -0.39 is 10.8 Å². The number of rotatable bonds is 8. The predicted molar refractivity (Wildman–Crippen MR) is 220 cm³/mol. The lowest BCUT2D eigenvalue weighted by molar-refractivity contribution is 0.255. The van der Waals surface area contributed by atoms with Gasteiger partial charge in [0, 0.05) is 41.6 Å². The molecule has 0 saturated carbocycles. The Morgan fingerprint density at radius 2 is 1.09 bits per heavy atom. The number of likely N-dealkylation sites (tertiary alicyclic amines) is 2. The third kappa shape index (κ3) is 9.58. The molecule has 0 aliphatic carbocycles. The zero-order valence-corrected chi connectivity index (χ0v) is 34.4. The first-order chi connectivity index (χ1) is 26.6. The van der Waals surface area contributed by atoms with E-state index in [0.29, 0.717) is 22.7 Å². The van der Waals surface area contributed by atoms with Crippen LogP contribution < -0.4 is 0 Å². The maximum Gasteiger partial charge on any atom is 0.218 e. The minimum atomic E-state index is -1.26. The van der Waals surface area contributed by atoms with Gasteiger partial charge in [-0.3, -0.25) is 4.21 Å². The molecule has 6 aromatic rings. The number of thioether (sulfide) groups is 1. The summed E-state index contributed by atoms with van der Waals surface area (Å²) in [7, 11) is 3.04. The third-order valence-electron chi connectivity index (χ3n) is 9.83. The van der Waals surface area contributed by atoms with Crippen LogP contribution in [0.1, 0.15) is 47.5 Å². The number of halogens is 2. The van der Waals surface area contributed by atoms with Crippen LogP contribution in [0, 0.1) is 11.6 Å². The van der Waals surface area contributed by atoms with Crippen LogP contribution in [0.15, 0.2) is 83.4 Å². The third-order valence-corrected chi connectivity index (χ3v) is 13.6. The number of piperidine rings is 2. The molecular weight excluding hydrogens is 775 g/mol. The molecule has 0 spiro atoms. The Morgan fingerprint density at radius 3 is 1.53 bits per heavy atom. The normalized spacial score (nSPS) is 16.5. The van der Waals surface area contributed by atoms with Gasteiger partial charge in [-0.25, -0.2) is 38.7 Å². The van der Waals surface area contributed by atoms with E-state index in [2.05, 4.69) is 43.8 Å². The first kappa shape index (κ1) is 39.4. The van der Waals surface area contributed by atoms with Crippen molar-refractivity contribution in [1.82, 2.24) is 39.7 Å². The average Bonchev–Trinajstić information content (AvgIpc) is 3.86. The number of hydrogen-bond donors (Lipinski definition) is 0. The Bertz CT molecular complexity index is 2230. The maximum atomic E-state index is 13.4. The number of aromatic nitrogens is 6. The maximum absolute atomic E-state index is 13.4. The van der Waals surface area contributed by atoms with E-state index in [0.717, 1.165) is 105 Å². The summed E-state index contributed by atoms with van der Waals surface area (Å²) in [5, 5.41) is 3.28. The van der Waals surface area contributed by atoms with Crippen LogP contribution in [0.5, 0.6) is 0 Å². The van der Waals surface area contributed by atoms with E-state index in [-0.39, 0.29) is 11.6 Å². The van der Waals surface area contributed by atoms with Crippen molar-refractivity contribution in [2.45, 2.75) is 47.8 Å². The van der Waals surface area contributed by atoms with Gasteiger partial charge in [0.2, 0.25) is 5.16 Å². The van der Waals surface area contributed by atoms with Gasteiger partial charge in [-0.2, -0.15) is 0 Å². The van der Waals surface area contributed by atoms with Crippen LogP contribution in [0.25, 0.3) is 43.7 Å². The Balaban J connectivity index is 0.000000169. The van der Waals surface area contributed by atoms with Crippen LogP contribution in [0.4, 0.5) is 8.78 Å². The molecule has 8 rings (SSSR count). The summed E-state index contributed by atoms with van der Waals surface area (Å²) in [5.41, 5.74) is 5.04. The van der Waals surface area contributed by atoms with Crippen LogP contribution in [-0.4, -0.2) is 96.7 Å². The topological polar surface area (TPSA) is 101 Å². The molecule has 2 fully saturated rings. The molecule has 6 heterocycles. The van der Waals surface area contributed by atoms with Gasteiger partial charge in [-0.15, -0.1) is 22.7 Å². The Labute approximate surface area is 335 Å². The van der Waals surface area contributed by atoms with E-state index in [1.54, 1.807) is 65.6 Å². The number of hydrogen-bond acceptors (Lipinski definition) is 12. The predicted octanol–water partition coefficient (Wildman–Crippen LogP) is 8.89. The standard InChI is InChI=1S/C20H21FN4OS2.C20H21FN4S2/c1-25-11-8-14(9-12-25)19-24-17(13-3-5-15(21)6-4-13)18(27-19)16-7-10-22-20(23-16)28(2)26;1-25-11-8-14(9-12-25)19-24-17(13-3-5-15(21)6-4-13)18(27-19)16-7-10-22-20(23-16)26-2/h3-7,10,14H,8-9,11-12H2,1-2H3;3-7,10,14H,8-9,11-12H2,1-2H3. The van der Waals surface area contributed by atoms with Crippen molar-refractivity contribution in [3.63, 3.8) is 0 Å². The molecule has 2 aliphatic rings. The fourth-order valence-corrected chi connectivity index (χ4v) is 9.90. The molecule has 15 heteroatoms. The minimum absolute atomic E-state index is 0.238. The SMILES string of the molecule is CN1CCC(c2nc(-c3ccc(F)cc3)c(-c3ccnc(S(C)=O)n3)s2)CC1.CSc1nccc(-c2sc(C3CCN(C)CC3)nc2-c2ccc(F)cc2)n1. The van der Waals surface area contributed by atoms with Crippen molar-refractivity contribution < 1.29 is 13.0 Å². The first-order valence-corrected chi connectivity index (χ1v) is 22.5. The van der Waals surface area contributed by atoms with Gasteiger partial charge in [-0.1, -0.05) is 11.8 Å². The van der Waals surface area contributed by atoms with Crippen LogP contribution in [-0.2, 0) is 10.8 Å². The molecule has 2 saturated heterocycles. The van der Waals surface area contributed by atoms with Gasteiger partial charge >= 0.3 is 0 Å². The van der Waals surface area contributed by atoms with Crippen molar-refractivity contribution in [3.8, 4) is 43.7 Å². The second-order valence-corrected chi connectivity index (χ2v) is 17.8. The Hall–Kier alpha value is -3.86. The summed E-state index contributed by atoms with van der Waals surface area (Å²) in [6, 6.07) is 16.7. The summed E-state index contributed by atoms with van der Waals surface area (Å²) in [4.78, 5) is 34.1. The highest BCUT2D eigenvalue weighted by Crippen LogP contribution is 2.42. The Morgan fingerprint density at radius 1 is 0.655 bits per heavy atom. The van der Waals surface area contributed by atoms with Gasteiger partial charge in [0.25, 0.3) is 0 Å². The number of thiazole rings is 2. The average molecular weight is 817 g/mol. The highest BCUT2D eigenvalue weighted by molar-refractivity contribution is 7.98. The van der Waals surface area contributed by atoms with Gasteiger partial charge in [0.1, 0.15) is 11.6 Å². The van der Waals surface area contributed by atoms with E-state index >= 15 is 0 Å². The van der Waals surface area contributed by atoms with E-state index in [9.17, 15) is 13.0 Å². The second-order valence-electron chi connectivity index (χ2n) is 13.7. The summed E-state index contributed by atoms with van der Waals surface area (Å²) in [6.07, 6.45) is 11.3. The number of benzene rings is 2. The fraction of sp³-hybridized carbons (Fsp3) is 0.350. The molecule has 2 aliphatic heterocycles. The Kier molecular flexibility index (Phi) is 12.8. The van der Waals surface area contributed by atoms with Crippen molar-refractivity contribution in [3.05, 3.63) is 94.7 Å². The molecule has 0 bridgehead atoms. The first-order valence-electron chi connectivity index (χ1n) is 18.1. The van der Waals surface area contributed by atoms with E-state index in [1.807, 2.05) is 18.4 Å². The molecule has 9 nitrogen and oxygen atoms in total. The summed E-state index contributed by atoms with van der Waals surface area (Å²) < 4.78 is 38.7. The van der Waals surface area contributed by atoms with E-state index in [4.69, 9.17) is 9.97 Å². The second kappa shape index (κ2) is 17.9. The van der Waals surface area contributed by atoms with Gasteiger partial charge in [-0.05, 0) is 133 Å². The molecule has 2 aromatic carbocycles. The lowest BCUT2D eigenvalue weighted by Gasteiger charge is -2.27. The van der Waals surface area contributed by atoms with Gasteiger partial charge < -0.3 is 9.80 Å². The van der Waals surface area contributed by atoms with Crippen molar-refractivity contribution in [1.29, 1.82) is 0 Å². The highest BCUT2D eigenvalue weighted by Gasteiger charge is 2.27. The molecule has 0 N–H and O–H groups in total. The smallest absolute Gasteiger partial charge is 0.218 e. The van der Waals surface area contributed by atoms with Crippen LogP contribution in [0.3, 0.4) is 0 Å². The van der Waals surface area contributed by atoms with Gasteiger partial charge in [0.05, 0.1) is 53.3 Å². The summed E-state index contributed by atoms with van der Waals surface area (Å²) in [6.45, 7) is 4.29. The molecule has 1 atom stereocenters. The van der Waals surface area contributed by atoms with Crippen molar-refractivity contribution >= 4 is 45.2 Å². The molecule has 286 valence electrons. The van der Waals surface area contributed by atoms with Crippen molar-refractivity contribution in [2.75, 3.05) is 52.8 Å². The van der Waals surface area contributed by atoms with Gasteiger partial charge in [0.15, 0.2) is 5.16 Å². The largest absolute Gasteiger partial charge is 0.306 e. The van der Waals surface area contributed by atoms with Crippen LogP contribution in [0.2, 0.25) is 0 Å². The zero-order chi connectivity index (χ0) is 38.5. The molecule has 0 amide bonds. The zero-order valence-electron chi connectivity index (χ0n) is 31.1. The monoisotopic (exact) mass is 816 g/mol. The quantitative estimate of drug-likeness (QED) is 0.109.